The van der Waals surface area contributed by atoms with Crippen LogP contribution in [0.25, 0.3) is 0 Å². The summed E-state index contributed by atoms with van der Waals surface area (Å²) >= 11 is 0. The van der Waals surface area contributed by atoms with Crippen LogP contribution in [0, 0.1) is 19.8 Å². The van der Waals surface area contributed by atoms with Crippen LogP contribution in [0.3, 0.4) is 0 Å². The van der Waals surface area contributed by atoms with Crippen molar-refractivity contribution in [2.24, 2.45) is 11.7 Å². The third kappa shape index (κ3) is 2.72. The Labute approximate surface area is 91.9 Å². The zero-order valence-electron chi connectivity index (χ0n) is 9.59. The van der Waals surface area contributed by atoms with Crippen LogP contribution < -0.4 is 11.1 Å². The first-order chi connectivity index (χ1) is 7.13. The van der Waals surface area contributed by atoms with Crippen LogP contribution in [0.1, 0.15) is 24.0 Å². The van der Waals surface area contributed by atoms with Crippen molar-refractivity contribution in [1.29, 1.82) is 0 Å². The molecule has 0 unspecified atom stereocenters. The van der Waals surface area contributed by atoms with Crippen molar-refractivity contribution in [2.45, 2.75) is 32.7 Å². The molecule has 1 aromatic carbocycles. The quantitative estimate of drug-likeness (QED) is 0.793. The molecule has 2 nitrogen and oxygen atoms in total. The Morgan fingerprint density at radius 2 is 1.80 bits per heavy atom. The topological polar surface area (TPSA) is 38.0 Å². The molecule has 15 heavy (non-hydrogen) atoms. The van der Waals surface area contributed by atoms with Gasteiger partial charge in [0.15, 0.2) is 0 Å². The third-order valence-electron chi connectivity index (χ3n) is 3.09. The van der Waals surface area contributed by atoms with Gasteiger partial charge in [0.25, 0.3) is 0 Å². The minimum Gasteiger partial charge on any atom is -0.385 e. The van der Waals surface area contributed by atoms with Gasteiger partial charge in [-0.1, -0.05) is 6.07 Å². The number of benzene rings is 1. The molecule has 1 aromatic rings. The predicted molar refractivity (Wildman–Crippen MR) is 65.1 cm³/mol. The van der Waals surface area contributed by atoms with Crippen LogP contribution in [-0.4, -0.2) is 12.6 Å². The largest absolute Gasteiger partial charge is 0.385 e. The van der Waals surface area contributed by atoms with Crippen molar-refractivity contribution >= 4 is 5.69 Å². The smallest absolute Gasteiger partial charge is 0.0345 e. The Balaban J connectivity index is 1.88. The summed E-state index contributed by atoms with van der Waals surface area (Å²) in [4.78, 5) is 0. The maximum Gasteiger partial charge on any atom is 0.0345 e. The highest BCUT2D eigenvalue weighted by atomic mass is 14.9. The van der Waals surface area contributed by atoms with Gasteiger partial charge in [-0.3, -0.25) is 0 Å². The van der Waals surface area contributed by atoms with Crippen molar-refractivity contribution in [3.8, 4) is 0 Å². The Bertz CT molecular complexity index is 320. The zero-order valence-corrected chi connectivity index (χ0v) is 9.59. The average molecular weight is 204 g/mol. The van der Waals surface area contributed by atoms with Gasteiger partial charge >= 0.3 is 0 Å². The van der Waals surface area contributed by atoms with Crippen molar-refractivity contribution in [3.63, 3.8) is 0 Å². The summed E-state index contributed by atoms with van der Waals surface area (Å²) in [5.74, 6) is 0.779. The summed E-state index contributed by atoms with van der Waals surface area (Å²) in [5.41, 5.74) is 9.65. The molecule has 2 heteroatoms. The monoisotopic (exact) mass is 204 g/mol. The van der Waals surface area contributed by atoms with Gasteiger partial charge in [0.05, 0.1) is 0 Å². The van der Waals surface area contributed by atoms with E-state index in [1.165, 1.54) is 29.7 Å². The zero-order chi connectivity index (χ0) is 10.8. The van der Waals surface area contributed by atoms with E-state index in [1.54, 1.807) is 0 Å². The molecule has 0 amide bonds. The van der Waals surface area contributed by atoms with Gasteiger partial charge in [-0.2, -0.15) is 0 Å². The first kappa shape index (κ1) is 10.5. The number of rotatable bonds is 3. The van der Waals surface area contributed by atoms with Crippen LogP contribution in [0.2, 0.25) is 0 Å². The molecule has 3 N–H and O–H groups in total. The highest BCUT2D eigenvalue weighted by Crippen LogP contribution is 2.26. The van der Waals surface area contributed by atoms with E-state index in [-0.39, 0.29) is 0 Å². The summed E-state index contributed by atoms with van der Waals surface area (Å²) in [7, 11) is 0. The summed E-state index contributed by atoms with van der Waals surface area (Å²) in [6.07, 6.45) is 2.36. The normalized spacial score (nSPS) is 24.7. The molecule has 0 aliphatic heterocycles. The molecule has 0 bridgehead atoms. The molecular formula is C13H20N2. The minimum absolute atomic E-state index is 0.455. The lowest BCUT2D eigenvalue weighted by atomic mass is 9.81. The van der Waals surface area contributed by atoms with Gasteiger partial charge in [0.1, 0.15) is 0 Å². The van der Waals surface area contributed by atoms with Crippen molar-refractivity contribution < 1.29 is 0 Å². The highest BCUT2D eigenvalue weighted by Gasteiger charge is 2.25. The average Bonchev–Trinajstić information content (AvgIpc) is 2.09. The van der Waals surface area contributed by atoms with Gasteiger partial charge in [0.2, 0.25) is 0 Å². The molecule has 0 aromatic heterocycles. The van der Waals surface area contributed by atoms with E-state index in [2.05, 4.69) is 37.4 Å². The fraction of sp³-hybridized carbons (Fsp3) is 0.538. The van der Waals surface area contributed by atoms with E-state index in [9.17, 15) is 0 Å². The van der Waals surface area contributed by atoms with Crippen LogP contribution in [0.4, 0.5) is 5.69 Å². The minimum atomic E-state index is 0.455. The molecule has 0 atom stereocenters. The molecule has 82 valence electrons. The van der Waals surface area contributed by atoms with Crippen LogP contribution >= 0.6 is 0 Å². The third-order valence-corrected chi connectivity index (χ3v) is 3.09. The van der Waals surface area contributed by atoms with E-state index in [1.807, 2.05) is 0 Å². The summed E-state index contributed by atoms with van der Waals surface area (Å²) in [6, 6.07) is 7.05. The van der Waals surface area contributed by atoms with E-state index >= 15 is 0 Å². The van der Waals surface area contributed by atoms with Crippen molar-refractivity contribution in [1.82, 2.24) is 0 Å². The van der Waals surface area contributed by atoms with Crippen molar-refractivity contribution in [3.05, 3.63) is 29.3 Å². The Morgan fingerprint density at radius 3 is 2.33 bits per heavy atom. The van der Waals surface area contributed by atoms with Gasteiger partial charge in [-0.25, -0.2) is 0 Å². The molecule has 0 spiro atoms. The van der Waals surface area contributed by atoms with Gasteiger partial charge in [0, 0.05) is 18.3 Å². The van der Waals surface area contributed by atoms with E-state index < -0.39 is 0 Å². The SMILES string of the molecule is Cc1cc(C)cc(NCC2CC(N)C2)c1. The molecule has 0 radical (unpaired) electrons. The van der Waals surface area contributed by atoms with Gasteiger partial charge < -0.3 is 11.1 Å². The van der Waals surface area contributed by atoms with E-state index in [0.29, 0.717) is 6.04 Å². The summed E-state index contributed by atoms with van der Waals surface area (Å²) < 4.78 is 0. The predicted octanol–water partition coefficient (Wildman–Crippen LogP) is 2.45. The number of nitrogens with one attached hydrogen (secondary N) is 1. The fourth-order valence-electron chi connectivity index (χ4n) is 2.29. The number of anilines is 1. The lowest BCUT2D eigenvalue weighted by Crippen LogP contribution is -2.39. The number of hydrogen-bond acceptors (Lipinski definition) is 2. The van der Waals surface area contributed by atoms with Crippen LogP contribution in [-0.2, 0) is 0 Å². The first-order valence-electron chi connectivity index (χ1n) is 5.71. The molecule has 1 saturated carbocycles. The van der Waals surface area contributed by atoms with Crippen LogP contribution in [0.5, 0.6) is 0 Å². The lowest BCUT2D eigenvalue weighted by molar-refractivity contribution is 0.280. The number of nitrogens with two attached hydrogens (primary N) is 1. The second-order valence-corrected chi connectivity index (χ2v) is 4.85. The van der Waals surface area contributed by atoms with E-state index in [4.69, 9.17) is 5.73 Å². The standard InChI is InChI=1S/C13H20N2/c1-9-3-10(2)5-13(4-9)15-8-11-6-12(14)7-11/h3-5,11-12,15H,6-8,14H2,1-2H3. The summed E-state index contributed by atoms with van der Waals surface area (Å²) in [6.45, 7) is 5.34. The maximum atomic E-state index is 5.76. The molecule has 2 rings (SSSR count). The highest BCUT2D eigenvalue weighted by molar-refractivity contribution is 5.48. The first-order valence-corrected chi connectivity index (χ1v) is 5.71. The second kappa shape index (κ2) is 4.23. The van der Waals surface area contributed by atoms with Crippen LogP contribution in [0.15, 0.2) is 18.2 Å². The fourth-order valence-corrected chi connectivity index (χ4v) is 2.29. The molecule has 0 heterocycles. The van der Waals surface area contributed by atoms with Crippen molar-refractivity contribution in [2.75, 3.05) is 11.9 Å². The van der Waals surface area contributed by atoms with Gasteiger partial charge in [-0.15, -0.1) is 0 Å². The maximum absolute atomic E-state index is 5.76. The molecular weight excluding hydrogens is 184 g/mol. The molecule has 1 aliphatic rings. The Hall–Kier alpha value is -1.02. The molecule has 1 fully saturated rings. The van der Waals surface area contributed by atoms with Gasteiger partial charge in [-0.05, 0) is 55.9 Å². The second-order valence-electron chi connectivity index (χ2n) is 4.85. The van der Waals surface area contributed by atoms with E-state index in [0.717, 1.165) is 12.5 Å². The summed E-state index contributed by atoms with van der Waals surface area (Å²) in [5, 5.41) is 3.49. The Morgan fingerprint density at radius 1 is 1.20 bits per heavy atom. The lowest BCUT2D eigenvalue weighted by Gasteiger charge is -2.32. The number of aryl methyl sites for hydroxylation is 2. The Kier molecular flexibility index (Phi) is 2.96. The molecule has 1 aliphatic carbocycles. The molecule has 0 saturated heterocycles. The number of hydrogen-bond donors (Lipinski definition) is 2.